The molecule has 1 unspecified atom stereocenters. The van der Waals surface area contributed by atoms with Crippen LogP contribution in [0.5, 0.6) is 0 Å². The number of hydrogen-bond donors (Lipinski definition) is 1. The molecule has 1 saturated heterocycles. The second kappa shape index (κ2) is 8.72. The molecule has 3 atom stereocenters. The first-order chi connectivity index (χ1) is 11.8. The average Bonchev–Trinajstić information content (AvgIpc) is 2.59. The van der Waals surface area contributed by atoms with Gasteiger partial charge in [0.2, 0.25) is 0 Å². The van der Waals surface area contributed by atoms with Gasteiger partial charge in [0.25, 0.3) is 0 Å². The van der Waals surface area contributed by atoms with E-state index in [0.717, 1.165) is 30.1 Å². The quantitative estimate of drug-likeness (QED) is 0.792. The lowest BCUT2D eigenvalue weighted by molar-refractivity contribution is 0.131. The van der Waals surface area contributed by atoms with Crippen LogP contribution in [-0.2, 0) is 9.84 Å². The molecule has 0 bridgehead atoms. The fraction of sp³-hybridized carbons (Fsp3) is 0.500. The molecule has 1 aromatic carbocycles. The summed E-state index contributed by atoms with van der Waals surface area (Å²) in [6.45, 7) is 2.38. The predicted molar refractivity (Wildman–Crippen MR) is 101 cm³/mol. The first kappa shape index (κ1) is 19.8. The van der Waals surface area contributed by atoms with Crippen LogP contribution in [0.3, 0.4) is 0 Å². The summed E-state index contributed by atoms with van der Waals surface area (Å²) in [5.41, 5.74) is 1.09. The summed E-state index contributed by atoms with van der Waals surface area (Å²) in [7, 11) is -3.20. The maximum atomic E-state index is 12.7. The molecule has 0 saturated carbocycles. The Hall–Kier alpha value is -1.53. The third-order valence-electron chi connectivity index (χ3n) is 4.34. The average molecular weight is 385 g/mol. The molecule has 25 heavy (non-hydrogen) atoms. The number of nitrogens with zero attached hydrogens (tertiary/aromatic N) is 1. The van der Waals surface area contributed by atoms with Gasteiger partial charge < -0.3 is 10.2 Å². The lowest BCUT2D eigenvalue weighted by atomic mass is 9.88. The van der Waals surface area contributed by atoms with E-state index in [1.807, 2.05) is 35.2 Å². The van der Waals surface area contributed by atoms with Gasteiger partial charge in [-0.3, -0.25) is 0 Å². The highest BCUT2D eigenvalue weighted by Crippen LogP contribution is 2.34. The highest BCUT2D eigenvalue weighted by molar-refractivity contribution is 7.93. The molecular weight excluding hydrogens is 360 g/mol. The minimum Gasteiger partial charge on any atom is -0.332 e. The summed E-state index contributed by atoms with van der Waals surface area (Å²) >= 11 is 6.04. The van der Waals surface area contributed by atoms with E-state index in [9.17, 15) is 13.2 Å². The van der Waals surface area contributed by atoms with Gasteiger partial charge in [-0.15, -0.1) is 11.6 Å². The molecule has 5 nitrogen and oxygen atoms in total. The third-order valence-corrected chi connectivity index (χ3v) is 5.43. The van der Waals surface area contributed by atoms with E-state index in [2.05, 4.69) is 5.32 Å². The lowest BCUT2D eigenvalue weighted by Crippen LogP contribution is -2.48. The maximum Gasteiger partial charge on any atom is 0.318 e. The van der Waals surface area contributed by atoms with Gasteiger partial charge in [0.05, 0.1) is 6.04 Å². The summed E-state index contributed by atoms with van der Waals surface area (Å²) in [4.78, 5) is 14.5. The van der Waals surface area contributed by atoms with Gasteiger partial charge in [-0.2, -0.15) is 0 Å². The second-order valence-electron chi connectivity index (χ2n) is 6.56. The number of sulfone groups is 1. The summed E-state index contributed by atoms with van der Waals surface area (Å²) < 4.78 is 22.4. The molecule has 1 heterocycles. The molecule has 1 N–H and O–H groups in total. The van der Waals surface area contributed by atoms with Crippen molar-refractivity contribution in [3.05, 3.63) is 47.4 Å². The van der Waals surface area contributed by atoms with Crippen LogP contribution in [0, 0.1) is 5.92 Å². The lowest BCUT2D eigenvalue weighted by Gasteiger charge is -2.39. The molecule has 2 amide bonds. The largest absolute Gasteiger partial charge is 0.332 e. The van der Waals surface area contributed by atoms with Gasteiger partial charge >= 0.3 is 6.03 Å². The number of likely N-dealkylation sites (tertiary alicyclic amines) is 1. The number of urea groups is 1. The van der Waals surface area contributed by atoms with Crippen LogP contribution in [0.1, 0.15) is 31.4 Å². The zero-order valence-electron chi connectivity index (χ0n) is 14.6. The Morgan fingerprint density at radius 3 is 2.68 bits per heavy atom. The topological polar surface area (TPSA) is 66.5 Å². The molecule has 0 aliphatic carbocycles. The van der Waals surface area contributed by atoms with Crippen LogP contribution in [-0.4, -0.2) is 44.1 Å². The van der Waals surface area contributed by atoms with E-state index in [1.54, 1.807) is 6.92 Å². The number of alkyl halides is 1. The van der Waals surface area contributed by atoms with Crippen LogP contribution in [0.25, 0.3) is 0 Å². The molecule has 1 aliphatic heterocycles. The number of rotatable bonds is 5. The van der Waals surface area contributed by atoms with Crippen LogP contribution in [0.15, 0.2) is 41.8 Å². The Morgan fingerprint density at radius 2 is 2.08 bits per heavy atom. The molecule has 1 aromatic rings. The van der Waals surface area contributed by atoms with Gasteiger partial charge in [-0.05, 0) is 31.2 Å². The number of benzene rings is 1. The standard InChI is InChI=1S/C18H25ClN2O3S/c1-14(9-11-25(2,23)24)20-18(22)21-10-8-15(13-19)12-17(21)16-6-4-3-5-7-16/h3-7,9,11,14-15,17H,8,10,12-13H2,1-2H3,(H,20,22)/b11-9+/t14?,15-,17+/m1/s1. The first-order valence-corrected chi connectivity index (χ1v) is 10.9. The van der Waals surface area contributed by atoms with Gasteiger partial charge in [0.1, 0.15) is 0 Å². The molecule has 0 radical (unpaired) electrons. The zero-order valence-corrected chi connectivity index (χ0v) is 16.1. The molecule has 7 heteroatoms. The number of halogens is 1. The van der Waals surface area contributed by atoms with E-state index in [1.165, 1.54) is 6.08 Å². The number of amides is 2. The van der Waals surface area contributed by atoms with Crippen molar-refractivity contribution in [3.8, 4) is 0 Å². The Kier molecular flexibility index (Phi) is 6.90. The Labute approximate surface area is 155 Å². The molecule has 0 aromatic heterocycles. The fourth-order valence-corrected chi connectivity index (χ4v) is 3.80. The molecular formula is C18H25ClN2O3S. The summed E-state index contributed by atoms with van der Waals surface area (Å²) in [5, 5.41) is 3.97. The molecule has 1 aliphatic rings. The maximum absolute atomic E-state index is 12.7. The van der Waals surface area contributed by atoms with Crippen molar-refractivity contribution >= 4 is 27.5 Å². The minimum absolute atomic E-state index is 0.0233. The van der Waals surface area contributed by atoms with Crippen LogP contribution in [0.4, 0.5) is 4.79 Å². The second-order valence-corrected chi connectivity index (χ2v) is 8.80. The zero-order chi connectivity index (χ0) is 18.4. The Bertz CT molecular complexity index is 706. The van der Waals surface area contributed by atoms with Crippen molar-refractivity contribution in [3.63, 3.8) is 0 Å². The Balaban J connectivity index is 2.11. The molecule has 138 valence electrons. The minimum atomic E-state index is -3.20. The fourth-order valence-electron chi connectivity index (χ4n) is 3.00. The summed E-state index contributed by atoms with van der Waals surface area (Å²) in [6.07, 6.45) is 4.30. The van der Waals surface area contributed by atoms with Crippen molar-refractivity contribution in [2.45, 2.75) is 31.8 Å². The monoisotopic (exact) mass is 384 g/mol. The Morgan fingerprint density at radius 1 is 1.40 bits per heavy atom. The van der Waals surface area contributed by atoms with E-state index in [0.29, 0.717) is 18.3 Å². The SMILES string of the molecule is CC(/C=C/S(C)(=O)=O)NC(=O)N1CC[C@@H](CCl)C[C@H]1c1ccccc1. The smallest absolute Gasteiger partial charge is 0.318 e. The highest BCUT2D eigenvalue weighted by atomic mass is 35.5. The van der Waals surface area contributed by atoms with Gasteiger partial charge in [0, 0.05) is 30.1 Å². The highest BCUT2D eigenvalue weighted by Gasteiger charge is 2.32. The number of hydrogen-bond acceptors (Lipinski definition) is 3. The molecule has 1 fully saturated rings. The van der Waals surface area contributed by atoms with Crippen LogP contribution >= 0.6 is 11.6 Å². The van der Waals surface area contributed by atoms with E-state index < -0.39 is 9.84 Å². The summed E-state index contributed by atoms with van der Waals surface area (Å²) in [5.74, 6) is 0.977. The van der Waals surface area contributed by atoms with Gasteiger partial charge in [0.15, 0.2) is 9.84 Å². The third kappa shape index (κ3) is 6.04. The van der Waals surface area contributed by atoms with E-state index in [4.69, 9.17) is 11.6 Å². The normalized spacial score (nSPS) is 22.8. The van der Waals surface area contributed by atoms with Crippen LogP contribution in [0.2, 0.25) is 0 Å². The van der Waals surface area contributed by atoms with Crippen molar-refractivity contribution in [1.82, 2.24) is 10.2 Å². The van der Waals surface area contributed by atoms with Crippen LogP contribution < -0.4 is 5.32 Å². The number of nitrogens with one attached hydrogen (secondary N) is 1. The van der Waals surface area contributed by atoms with Gasteiger partial charge in [-0.25, -0.2) is 13.2 Å². The van der Waals surface area contributed by atoms with E-state index >= 15 is 0 Å². The van der Waals surface area contributed by atoms with Crippen molar-refractivity contribution < 1.29 is 13.2 Å². The number of piperidine rings is 1. The van der Waals surface area contributed by atoms with Crippen molar-refractivity contribution in [1.29, 1.82) is 0 Å². The van der Waals surface area contributed by atoms with Crippen molar-refractivity contribution in [2.75, 3.05) is 18.7 Å². The molecule has 2 rings (SSSR count). The summed E-state index contributed by atoms with van der Waals surface area (Å²) in [6, 6.07) is 9.35. The van der Waals surface area contributed by atoms with Crippen molar-refractivity contribution in [2.24, 2.45) is 5.92 Å². The number of carbonyl (C=O) groups excluding carboxylic acids is 1. The predicted octanol–water partition coefficient (Wildman–Crippen LogP) is 3.33. The van der Waals surface area contributed by atoms with E-state index in [-0.39, 0.29) is 18.1 Å². The molecule has 0 spiro atoms. The number of carbonyl (C=O) groups is 1. The van der Waals surface area contributed by atoms with Gasteiger partial charge in [-0.1, -0.05) is 36.4 Å². The first-order valence-electron chi connectivity index (χ1n) is 8.36.